The van der Waals surface area contributed by atoms with Crippen molar-refractivity contribution < 1.29 is 4.74 Å². The van der Waals surface area contributed by atoms with Gasteiger partial charge in [0, 0.05) is 5.92 Å². The summed E-state index contributed by atoms with van der Waals surface area (Å²) in [5, 5.41) is 0. The summed E-state index contributed by atoms with van der Waals surface area (Å²) in [6, 6.07) is 9.61. The van der Waals surface area contributed by atoms with E-state index in [-0.39, 0.29) is 5.56 Å². The normalized spacial score (nSPS) is 13.0. The second kappa shape index (κ2) is 4.36. The lowest BCUT2D eigenvalue weighted by atomic mass is 10.2. The fourth-order valence-corrected chi connectivity index (χ4v) is 0.868. The Morgan fingerprint density at radius 1 is 1.17 bits per heavy atom. The monoisotopic (exact) mass is 184 g/mol. The molecule has 1 unspecified atom stereocenters. The van der Waals surface area contributed by atoms with E-state index in [9.17, 15) is 0 Å². The molecule has 0 radical (unpaired) electrons. The Hall–Kier alpha value is -0.690. The fraction of sp³-hybridized carbons (Fsp3) is 0.400. The average molecular weight is 185 g/mol. The number of alkyl halides is 1. The van der Waals surface area contributed by atoms with Crippen molar-refractivity contribution >= 4 is 11.6 Å². The Kier molecular flexibility index (Phi) is 3.42. The van der Waals surface area contributed by atoms with Gasteiger partial charge in [-0.2, -0.15) is 0 Å². The van der Waals surface area contributed by atoms with Crippen molar-refractivity contribution in [1.29, 1.82) is 0 Å². The minimum absolute atomic E-state index is 0.243. The number of hydrogen-bond acceptors (Lipinski definition) is 1. The van der Waals surface area contributed by atoms with Crippen LogP contribution in [0.25, 0.3) is 0 Å². The second-order valence-corrected chi connectivity index (χ2v) is 3.46. The van der Waals surface area contributed by atoms with Crippen LogP contribution in [0.15, 0.2) is 30.3 Å². The van der Waals surface area contributed by atoms with Gasteiger partial charge in [0.2, 0.25) is 0 Å². The zero-order valence-corrected chi connectivity index (χ0v) is 8.08. The van der Waals surface area contributed by atoms with Crippen LogP contribution in [-0.2, 0) is 0 Å². The molecule has 0 amide bonds. The maximum absolute atomic E-state index is 5.93. The topological polar surface area (TPSA) is 9.23 Å². The third kappa shape index (κ3) is 2.74. The van der Waals surface area contributed by atoms with Crippen molar-refractivity contribution in [3.8, 4) is 5.75 Å². The first-order valence-electron chi connectivity index (χ1n) is 4.06. The first-order valence-corrected chi connectivity index (χ1v) is 4.49. The summed E-state index contributed by atoms with van der Waals surface area (Å²) >= 11 is 5.93. The Morgan fingerprint density at radius 3 is 2.25 bits per heavy atom. The molecule has 0 saturated heterocycles. The highest BCUT2D eigenvalue weighted by Gasteiger charge is 2.09. The Balaban J connectivity index is 2.53. The van der Waals surface area contributed by atoms with Gasteiger partial charge in [-0.05, 0) is 12.1 Å². The number of halogens is 1. The molecule has 0 aliphatic rings. The maximum atomic E-state index is 5.93. The van der Waals surface area contributed by atoms with Crippen LogP contribution in [0.5, 0.6) is 5.75 Å². The van der Waals surface area contributed by atoms with Gasteiger partial charge in [-0.15, -0.1) is 0 Å². The summed E-state index contributed by atoms with van der Waals surface area (Å²) in [7, 11) is 0. The lowest BCUT2D eigenvalue weighted by molar-refractivity contribution is 0.229. The Bertz CT molecular complexity index is 221. The van der Waals surface area contributed by atoms with Crippen molar-refractivity contribution in [2.45, 2.75) is 19.4 Å². The van der Waals surface area contributed by atoms with Gasteiger partial charge in [-0.3, -0.25) is 0 Å². The van der Waals surface area contributed by atoms with Crippen LogP contribution in [0, 0.1) is 5.92 Å². The van der Waals surface area contributed by atoms with Crippen LogP contribution in [0.3, 0.4) is 0 Å². The molecule has 0 aliphatic carbocycles. The number of benzene rings is 1. The summed E-state index contributed by atoms with van der Waals surface area (Å²) < 4.78 is 5.44. The first kappa shape index (κ1) is 9.40. The molecule has 1 atom stereocenters. The maximum Gasteiger partial charge on any atom is 0.174 e. The second-order valence-electron chi connectivity index (χ2n) is 3.03. The Morgan fingerprint density at radius 2 is 1.75 bits per heavy atom. The van der Waals surface area contributed by atoms with Crippen LogP contribution in [0.2, 0.25) is 0 Å². The fourth-order valence-electron chi connectivity index (χ4n) is 0.765. The minimum Gasteiger partial charge on any atom is -0.474 e. The highest BCUT2D eigenvalue weighted by atomic mass is 35.5. The molecule has 0 bridgehead atoms. The summed E-state index contributed by atoms with van der Waals surface area (Å²) in [5.41, 5.74) is -0.243. The summed E-state index contributed by atoms with van der Waals surface area (Å²) in [4.78, 5) is 0. The molecule has 0 fully saturated rings. The summed E-state index contributed by atoms with van der Waals surface area (Å²) in [6.45, 7) is 4.06. The third-order valence-corrected chi connectivity index (χ3v) is 2.11. The molecule has 1 aromatic rings. The molecule has 1 rings (SSSR count). The van der Waals surface area contributed by atoms with E-state index in [1.54, 1.807) is 0 Å². The van der Waals surface area contributed by atoms with Gasteiger partial charge in [-0.25, -0.2) is 0 Å². The van der Waals surface area contributed by atoms with Crippen molar-refractivity contribution in [1.82, 2.24) is 0 Å². The molecule has 0 heterocycles. The zero-order chi connectivity index (χ0) is 8.97. The molecule has 12 heavy (non-hydrogen) atoms. The highest BCUT2D eigenvalue weighted by molar-refractivity contribution is 6.20. The van der Waals surface area contributed by atoms with Gasteiger partial charge in [-0.1, -0.05) is 43.6 Å². The number of para-hydroxylation sites is 1. The number of hydrogen-bond donors (Lipinski definition) is 0. The molecule has 0 N–H and O–H groups in total. The lowest BCUT2D eigenvalue weighted by Crippen LogP contribution is -2.15. The van der Waals surface area contributed by atoms with Gasteiger partial charge >= 0.3 is 0 Å². The van der Waals surface area contributed by atoms with E-state index in [1.165, 1.54) is 0 Å². The third-order valence-electron chi connectivity index (χ3n) is 1.52. The molecular formula is C10H13ClO. The van der Waals surface area contributed by atoms with Gasteiger partial charge < -0.3 is 4.74 Å². The number of ether oxygens (including phenoxy) is 1. The van der Waals surface area contributed by atoms with Crippen molar-refractivity contribution in [3.63, 3.8) is 0 Å². The van der Waals surface area contributed by atoms with Crippen LogP contribution in [0.4, 0.5) is 0 Å². The van der Waals surface area contributed by atoms with E-state index >= 15 is 0 Å². The van der Waals surface area contributed by atoms with Gasteiger partial charge in [0.1, 0.15) is 5.75 Å². The largest absolute Gasteiger partial charge is 0.474 e. The van der Waals surface area contributed by atoms with Crippen molar-refractivity contribution in [2.75, 3.05) is 0 Å². The van der Waals surface area contributed by atoms with Crippen LogP contribution in [-0.4, -0.2) is 5.56 Å². The summed E-state index contributed by atoms with van der Waals surface area (Å²) in [6.07, 6.45) is 0. The van der Waals surface area contributed by atoms with E-state index in [2.05, 4.69) is 0 Å². The molecular weight excluding hydrogens is 172 g/mol. The molecule has 66 valence electrons. The zero-order valence-electron chi connectivity index (χ0n) is 7.33. The SMILES string of the molecule is CC(C)C(Cl)Oc1ccccc1. The first-order chi connectivity index (χ1) is 5.70. The quantitative estimate of drug-likeness (QED) is 0.656. The predicted octanol–water partition coefficient (Wildman–Crippen LogP) is 3.29. The molecule has 2 heteroatoms. The smallest absolute Gasteiger partial charge is 0.174 e. The molecule has 0 spiro atoms. The van der Waals surface area contributed by atoms with Crippen LogP contribution >= 0.6 is 11.6 Å². The molecule has 0 aromatic heterocycles. The van der Waals surface area contributed by atoms with E-state index in [4.69, 9.17) is 16.3 Å². The molecule has 1 nitrogen and oxygen atoms in total. The van der Waals surface area contributed by atoms with Crippen LogP contribution < -0.4 is 4.74 Å². The molecule has 1 aromatic carbocycles. The Labute approximate surface area is 78.3 Å². The van der Waals surface area contributed by atoms with E-state index in [1.807, 2.05) is 44.2 Å². The highest BCUT2D eigenvalue weighted by Crippen LogP contribution is 2.17. The van der Waals surface area contributed by atoms with Crippen molar-refractivity contribution in [2.24, 2.45) is 5.92 Å². The van der Waals surface area contributed by atoms with Gasteiger partial charge in [0.05, 0.1) is 0 Å². The van der Waals surface area contributed by atoms with Crippen molar-refractivity contribution in [3.05, 3.63) is 30.3 Å². The summed E-state index contributed by atoms with van der Waals surface area (Å²) in [5.74, 6) is 1.15. The van der Waals surface area contributed by atoms with Gasteiger partial charge in [0.15, 0.2) is 5.56 Å². The lowest BCUT2D eigenvalue weighted by Gasteiger charge is -2.15. The van der Waals surface area contributed by atoms with E-state index in [0.717, 1.165) is 5.75 Å². The molecule has 0 saturated carbocycles. The number of rotatable bonds is 3. The minimum atomic E-state index is -0.243. The predicted molar refractivity (Wildman–Crippen MR) is 51.5 cm³/mol. The molecule has 0 aliphatic heterocycles. The standard InChI is InChI=1S/C10H13ClO/c1-8(2)10(11)12-9-6-4-3-5-7-9/h3-8,10H,1-2H3. The van der Waals surface area contributed by atoms with Crippen LogP contribution in [0.1, 0.15) is 13.8 Å². The van der Waals surface area contributed by atoms with E-state index in [0.29, 0.717) is 5.92 Å². The van der Waals surface area contributed by atoms with E-state index < -0.39 is 0 Å². The average Bonchev–Trinajstić information content (AvgIpc) is 2.06. The van der Waals surface area contributed by atoms with Gasteiger partial charge in [0.25, 0.3) is 0 Å².